The average Bonchev–Trinajstić information content (AvgIpc) is 2.72. The molecule has 0 atom stereocenters. The van der Waals surface area contributed by atoms with Gasteiger partial charge in [-0.15, -0.1) is 0 Å². The van der Waals surface area contributed by atoms with E-state index in [-0.39, 0.29) is 0 Å². The van der Waals surface area contributed by atoms with Crippen LogP contribution in [0.4, 0.5) is 0 Å². The van der Waals surface area contributed by atoms with E-state index >= 15 is 0 Å². The van der Waals surface area contributed by atoms with Crippen molar-refractivity contribution in [2.45, 2.75) is 32.4 Å². The third kappa shape index (κ3) is 2.60. The molecule has 80 valence electrons. The first-order valence-corrected chi connectivity index (χ1v) is 5.42. The highest BCUT2D eigenvalue weighted by Crippen LogP contribution is 2.19. The molecule has 0 radical (unpaired) electrons. The topological polar surface area (TPSA) is 32.3 Å². The van der Waals surface area contributed by atoms with Crippen LogP contribution in [0.5, 0.6) is 5.75 Å². The van der Waals surface area contributed by atoms with E-state index in [2.05, 4.69) is 17.5 Å². The Labute approximate surface area is 90.6 Å². The van der Waals surface area contributed by atoms with Crippen LogP contribution in [0.3, 0.4) is 0 Å². The number of benzene rings is 1. The van der Waals surface area contributed by atoms with Gasteiger partial charge in [-0.2, -0.15) is 0 Å². The van der Waals surface area contributed by atoms with Crippen LogP contribution in [-0.2, 0) is 6.54 Å². The van der Waals surface area contributed by atoms with E-state index in [0.717, 1.165) is 24.9 Å². The summed E-state index contributed by atoms with van der Waals surface area (Å²) in [5.74, 6) is 0.388. The molecule has 2 rings (SSSR count). The fraction of sp³-hybridized carbons (Fsp3) is 0.385. The minimum absolute atomic E-state index is 0.388. The zero-order valence-corrected chi connectivity index (χ0v) is 9.03. The first kappa shape index (κ1) is 10.2. The van der Waals surface area contributed by atoms with Crippen LogP contribution in [0.15, 0.2) is 30.4 Å². The van der Waals surface area contributed by atoms with Crippen molar-refractivity contribution in [3.8, 4) is 5.75 Å². The van der Waals surface area contributed by atoms with Gasteiger partial charge in [-0.1, -0.05) is 29.8 Å². The molecule has 0 aromatic heterocycles. The summed E-state index contributed by atoms with van der Waals surface area (Å²) < 4.78 is 0. The van der Waals surface area contributed by atoms with Crippen molar-refractivity contribution < 1.29 is 5.11 Å². The Kier molecular flexibility index (Phi) is 3.07. The Morgan fingerprint density at radius 3 is 2.80 bits per heavy atom. The zero-order chi connectivity index (χ0) is 10.7. The molecule has 1 aromatic carbocycles. The maximum absolute atomic E-state index is 9.65. The van der Waals surface area contributed by atoms with Crippen LogP contribution < -0.4 is 5.32 Å². The SMILES string of the molecule is Cc1ccc(O)c(CNC2CC=CC2)c1. The minimum atomic E-state index is 0.388. The molecule has 1 aromatic rings. The van der Waals surface area contributed by atoms with Crippen LogP contribution in [0.2, 0.25) is 0 Å². The van der Waals surface area contributed by atoms with Gasteiger partial charge in [-0.05, 0) is 25.8 Å². The van der Waals surface area contributed by atoms with Crippen molar-refractivity contribution in [3.63, 3.8) is 0 Å². The van der Waals surface area contributed by atoms with E-state index in [4.69, 9.17) is 0 Å². The molecule has 0 amide bonds. The maximum atomic E-state index is 9.65. The Hall–Kier alpha value is -1.28. The predicted molar refractivity (Wildman–Crippen MR) is 61.8 cm³/mol. The lowest BCUT2D eigenvalue weighted by Crippen LogP contribution is -2.25. The molecule has 0 spiro atoms. The molecule has 1 aliphatic rings. The number of phenolic OH excluding ortho intramolecular Hbond substituents is 1. The molecule has 15 heavy (non-hydrogen) atoms. The molecule has 2 nitrogen and oxygen atoms in total. The molecule has 0 aliphatic heterocycles. The second kappa shape index (κ2) is 4.49. The Bertz CT molecular complexity index is 363. The fourth-order valence-electron chi connectivity index (χ4n) is 1.89. The largest absolute Gasteiger partial charge is 0.508 e. The van der Waals surface area contributed by atoms with Gasteiger partial charge < -0.3 is 10.4 Å². The van der Waals surface area contributed by atoms with Crippen molar-refractivity contribution in [1.29, 1.82) is 0 Å². The molecule has 0 fully saturated rings. The summed E-state index contributed by atoms with van der Waals surface area (Å²) in [4.78, 5) is 0. The smallest absolute Gasteiger partial charge is 0.120 e. The van der Waals surface area contributed by atoms with Crippen LogP contribution in [0, 0.1) is 6.92 Å². The summed E-state index contributed by atoms with van der Waals surface area (Å²) >= 11 is 0. The number of hydrogen-bond donors (Lipinski definition) is 2. The quantitative estimate of drug-likeness (QED) is 0.740. The molecule has 2 N–H and O–H groups in total. The van der Waals surface area contributed by atoms with Crippen molar-refractivity contribution in [2.24, 2.45) is 0 Å². The molecule has 0 heterocycles. The fourth-order valence-corrected chi connectivity index (χ4v) is 1.89. The Balaban J connectivity index is 1.95. The molecule has 1 aliphatic carbocycles. The number of aromatic hydroxyl groups is 1. The minimum Gasteiger partial charge on any atom is -0.508 e. The highest BCUT2D eigenvalue weighted by molar-refractivity contribution is 5.35. The van der Waals surface area contributed by atoms with Gasteiger partial charge in [0.05, 0.1) is 0 Å². The van der Waals surface area contributed by atoms with Crippen molar-refractivity contribution in [3.05, 3.63) is 41.5 Å². The van der Waals surface area contributed by atoms with Crippen molar-refractivity contribution in [2.75, 3.05) is 0 Å². The van der Waals surface area contributed by atoms with E-state index in [0.29, 0.717) is 11.8 Å². The number of rotatable bonds is 3. The van der Waals surface area contributed by atoms with Gasteiger partial charge in [0.15, 0.2) is 0 Å². The van der Waals surface area contributed by atoms with Crippen LogP contribution >= 0.6 is 0 Å². The van der Waals surface area contributed by atoms with Crippen LogP contribution in [0.1, 0.15) is 24.0 Å². The summed E-state index contributed by atoms with van der Waals surface area (Å²) in [6.45, 7) is 2.79. The lowest BCUT2D eigenvalue weighted by molar-refractivity contribution is 0.457. The van der Waals surface area contributed by atoms with Gasteiger partial charge in [0.1, 0.15) is 5.75 Å². The van der Waals surface area contributed by atoms with Gasteiger partial charge in [0.25, 0.3) is 0 Å². The molecular weight excluding hydrogens is 186 g/mol. The van der Waals surface area contributed by atoms with Crippen LogP contribution in [-0.4, -0.2) is 11.1 Å². The van der Waals surface area contributed by atoms with E-state index in [1.165, 1.54) is 5.56 Å². The number of nitrogens with one attached hydrogen (secondary N) is 1. The second-order valence-electron chi connectivity index (χ2n) is 4.15. The van der Waals surface area contributed by atoms with Crippen molar-refractivity contribution >= 4 is 0 Å². The summed E-state index contributed by atoms with van der Waals surface area (Å²) in [6.07, 6.45) is 6.61. The molecule has 0 bridgehead atoms. The van der Waals surface area contributed by atoms with E-state index < -0.39 is 0 Å². The molecule has 0 saturated carbocycles. The summed E-state index contributed by atoms with van der Waals surface area (Å²) in [6, 6.07) is 6.27. The summed E-state index contributed by atoms with van der Waals surface area (Å²) in [5.41, 5.74) is 2.18. The van der Waals surface area contributed by atoms with Crippen LogP contribution in [0.25, 0.3) is 0 Å². The van der Waals surface area contributed by atoms with Crippen molar-refractivity contribution in [1.82, 2.24) is 5.32 Å². The third-order valence-corrected chi connectivity index (χ3v) is 2.82. The van der Waals surface area contributed by atoms with E-state index in [1.54, 1.807) is 6.07 Å². The number of aryl methyl sites for hydroxylation is 1. The van der Waals surface area contributed by atoms with Gasteiger partial charge in [0.2, 0.25) is 0 Å². The average molecular weight is 203 g/mol. The monoisotopic (exact) mass is 203 g/mol. The van der Waals surface area contributed by atoms with Gasteiger partial charge >= 0.3 is 0 Å². The Morgan fingerprint density at radius 2 is 2.07 bits per heavy atom. The second-order valence-corrected chi connectivity index (χ2v) is 4.15. The van der Waals surface area contributed by atoms with Gasteiger partial charge in [-0.3, -0.25) is 0 Å². The Morgan fingerprint density at radius 1 is 1.33 bits per heavy atom. The van der Waals surface area contributed by atoms with E-state index in [9.17, 15) is 5.11 Å². The standard InChI is InChI=1S/C13H17NO/c1-10-6-7-13(15)11(8-10)9-14-12-4-2-3-5-12/h2-3,6-8,12,14-15H,4-5,9H2,1H3. The zero-order valence-electron chi connectivity index (χ0n) is 9.03. The summed E-state index contributed by atoms with van der Waals surface area (Å²) in [5, 5.41) is 13.1. The normalized spacial score (nSPS) is 16.1. The number of hydrogen-bond acceptors (Lipinski definition) is 2. The van der Waals surface area contributed by atoms with Gasteiger partial charge in [0, 0.05) is 18.2 Å². The molecule has 2 heteroatoms. The molecule has 0 saturated heterocycles. The summed E-state index contributed by atoms with van der Waals surface area (Å²) in [7, 11) is 0. The van der Waals surface area contributed by atoms with Gasteiger partial charge in [-0.25, -0.2) is 0 Å². The predicted octanol–water partition coefficient (Wildman–Crippen LogP) is 2.51. The maximum Gasteiger partial charge on any atom is 0.120 e. The lowest BCUT2D eigenvalue weighted by atomic mass is 10.1. The molecular formula is C13H17NO. The van der Waals surface area contributed by atoms with E-state index in [1.807, 2.05) is 19.1 Å². The highest BCUT2D eigenvalue weighted by Gasteiger charge is 2.10. The lowest BCUT2D eigenvalue weighted by Gasteiger charge is -2.13. The third-order valence-electron chi connectivity index (χ3n) is 2.82. The number of phenols is 1. The first-order valence-electron chi connectivity index (χ1n) is 5.42. The molecule has 0 unspecified atom stereocenters. The highest BCUT2D eigenvalue weighted by atomic mass is 16.3. The first-order chi connectivity index (χ1) is 7.25.